The first-order chi connectivity index (χ1) is 10.3. The van der Waals surface area contributed by atoms with Crippen LogP contribution in [0.15, 0.2) is 36.7 Å². The summed E-state index contributed by atoms with van der Waals surface area (Å²) >= 11 is 0. The van der Waals surface area contributed by atoms with Gasteiger partial charge >= 0.3 is 0 Å². The molecule has 1 aliphatic rings. The van der Waals surface area contributed by atoms with Gasteiger partial charge in [0.25, 0.3) is 0 Å². The molecule has 2 heterocycles. The highest BCUT2D eigenvalue weighted by molar-refractivity contribution is 5.63. The Hall–Kier alpha value is -2.14. The van der Waals surface area contributed by atoms with Crippen molar-refractivity contribution in [3.63, 3.8) is 0 Å². The summed E-state index contributed by atoms with van der Waals surface area (Å²) in [7, 11) is 1.67. The van der Waals surface area contributed by atoms with Crippen molar-refractivity contribution in [2.75, 3.05) is 25.5 Å². The smallest absolute Gasteiger partial charge is 0.130 e. The summed E-state index contributed by atoms with van der Waals surface area (Å²) in [5, 5.41) is 6.86. The molecule has 3 rings (SSSR count). The molecule has 0 atom stereocenters. The van der Waals surface area contributed by atoms with Gasteiger partial charge in [0.1, 0.15) is 17.9 Å². The van der Waals surface area contributed by atoms with Crippen LogP contribution >= 0.6 is 0 Å². The fourth-order valence-corrected chi connectivity index (χ4v) is 2.53. The number of hydrogen-bond acceptors (Lipinski definition) is 5. The first kappa shape index (κ1) is 13.8. The fraction of sp³-hybridized carbons (Fsp3) is 0.375. The molecule has 0 bridgehead atoms. The molecular weight excluding hydrogens is 264 g/mol. The average molecular weight is 284 g/mol. The molecule has 1 aromatic heterocycles. The lowest BCUT2D eigenvalue weighted by molar-refractivity contribution is 0.415. The maximum Gasteiger partial charge on any atom is 0.130 e. The molecule has 1 aliphatic heterocycles. The second-order valence-electron chi connectivity index (χ2n) is 5.19. The topological polar surface area (TPSA) is 59.1 Å². The van der Waals surface area contributed by atoms with Crippen LogP contribution in [0.3, 0.4) is 0 Å². The third kappa shape index (κ3) is 3.49. The lowest BCUT2D eigenvalue weighted by Crippen LogP contribution is -2.35. The molecule has 2 aromatic rings. The minimum absolute atomic E-state index is 0.491. The molecule has 110 valence electrons. The normalized spacial score (nSPS) is 15.7. The van der Waals surface area contributed by atoms with Gasteiger partial charge in [0.05, 0.1) is 12.8 Å². The van der Waals surface area contributed by atoms with Crippen molar-refractivity contribution in [1.82, 2.24) is 15.3 Å². The van der Waals surface area contributed by atoms with Crippen LogP contribution in [0.1, 0.15) is 12.8 Å². The van der Waals surface area contributed by atoms with Gasteiger partial charge in [-0.2, -0.15) is 0 Å². The minimum Gasteiger partial charge on any atom is -0.497 e. The molecule has 0 spiro atoms. The number of methoxy groups -OCH3 is 1. The van der Waals surface area contributed by atoms with Gasteiger partial charge in [-0.05, 0) is 50.2 Å². The molecule has 0 saturated carbocycles. The zero-order valence-electron chi connectivity index (χ0n) is 12.2. The summed E-state index contributed by atoms with van der Waals surface area (Å²) in [6.45, 7) is 2.13. The van der Waals surface area contributed by atoms with Gasteiger partial charge in [0.15, 0.2) is 0 Å². The molecule has 0 unspecified atom stereocenters. The Bertz CT molecular complexity index is 579. The number of aromatic nitrogens is 2. The summed E-state index contributed by atoms with van der Waals surface area (Å²) in [4.78, 5) is 8.68. The Labute approximate surface area is 124 Å². The average Bonchev–Trinajstić information content (AvgIpc) is 2.56. The number of ether oxygens (including phenoxy) is 1. The SMILES string of the molecule is COc1ccc(-c2cc(NC3CCNCC3)ncn2)cc1. The van der Waals surface area contributed by atoms with E-state index in [1.54, 1.807) is 13.4 Å². The Morgan fingerprint density at radius 1 is 1.14 bits per heavy atom. The zero-order chi connectivity index (χ0) is 14.5. The number of nitrogens with one attached hydrogen (secondary N) is 2. The van der Waals surface area contributed by atoms with E-state index in [0.717, 1.165) is 48.8 Å². The van der Waals surface area contributed by atoms with Crippen LogP contribution in [0.25, 0.3) is 11.3 Å². The van der Waals surface area contributed by atoms with Gasteiger partial charge in [-0.25, -0.2) is 9.97 Å². The maximum atomic E-state index is 5.18. The van der Waals surface area contributed by atoms with E-state index in [1.807, 2.05) is 30.3 Å². The molecule has 0 radical (unpaired) electrons. The van der Waals surface area contributed by atoms with E-state index in [1.165, 1.54) is 0 Å². The largest absolute Gasteiger partial charge is 0.497 e. The molecule has 1 fully saturated rings. The number of hydrogen-bond donors (Lipinski definition) is 2. The van der Waals surface area contributed by atoms with Crippen molar-refractivity contribution in [1.29, 1.82) is 0 Å². The van der Waals surface area contributed by atoms with Gasteiger partial charge in [-0.15, -0.1) is 0 Å². The van der Waals surface area contributed by atoms with E-state index in [4.69, 9.17) is 4.74 Å². The first-order valence-corrected chi connectivity index (χ1v) is 7.29. The highest BCUT2D eigenvalue weighted by Gasteiger charge is 2.13. The van der Waals surface area contributed by atoms with Gasteiger partial charge in [-0.1, -0.05) is 0 Å². The number of piperidine rings is 1. The molecule has 21 heavy (non-hydrogen) atoms. The van der Waals surface area contributed by atoms with Gasteiger partial charge in [0.2, 0.25) is 0 Å². The Kier molecular flexibility index (Phi) is 4.31. The first-order valence-electron chi connectivity index (χ1n) is 7.29. The summed E-state index contributed by atoms with van der Waals surface area (Å²) in [5.74, 6) is 1.74. The van der Waals surface area contributed by atoms with Crippen molar-refractivity contribution in [2.45, 2.75) is 18.9 Å². The van der Waals surface area contributed by atoms with Crippen molar-refractivity contribution < 1.29 is 4.74 Å². The minimum atomic E-state index is 0.491. The number of anilines is 1. The molecule has 0 amide bonds. The van der Waals surface area contributed by atoms with Crippen molar-refractivity contribution in [3.8, 4) is 17.0 Å². The predicted octanol–water partition coefficient (Wildman–Crippen LogP) is 2.32. The van der Waals surface area contributed by atoms with E-state index >= 15 is 0 Å². The molecule has 0 aliphatic carbocycles. The second kappa shape index (κ2) is 6.54. The third-order valence-corrected chi connectivity index (χ3v) is 3.74. The fourth-order valence-electron chi connectivity index (χ4n) is 2.53. The van der Waals surface area contributed by atoms with Crippen LogP contribution in [-0.4, -0.2) is 36.2 Å². The maximum absolute atomic E-state index is 5.18. The van der Waals surface area contributed by atoms with Crippen LogP contribution in [0.2, 0.25) is 0 Å². The van der Waals surface area contributed by atoms with Gasteiger partial charge in [0, 0.05) is 17.7 Å². The van der Waals surface area contributed by atoms with Crippen LogP contribution in [0, 0.1) is 0 Å². The zero-order valence-corrected chi connectivity index (χ0v) is 12.2. The van der Waals surface area contributed by atoms with E-state index in [2.05, 4.69) is 20.6 Å². The highest BCUT2D eigenvalue weighted by Crippen LogP contribution is 2.22. The van der Waals surface area contributed by atoms with Crippen LogP contribution in [0.4, 0.5) is 5.82 Å². The van der Waals surface area contributed by atoms with Gasteiger partial charge < -0.3 is 15.4 Å². The van der Waals surface area contributed by atoms with Crippen LogP contribution in [0.5, 0.6) is 5.75 Å². The van der Waals surface area contributed by atoms with Crippen molar-refractivity contribution in [3.05, 3.63) is 36.7 Å². The summed E-state index contributed by atoms with van der Waals surface area (Å²) in [6.07, 6.45) is 3.87. The second-order valence-corrected chi connectivity index (χ2v) is 5.19. The Morgan fingerprint density at radius 2 is 1.90 bits per heavy atom. The van der Waals surface area contributed by atoms with Crippen LogP contribution < -0.4 is 15.4 Å². The van der Waals surface area contributed by atoms with E-state index < -0.39 is 0 Å². The van der Waals surface area contributed by atoms with E-state index in [-0.39, 0.29) is 0 Å². The summed E-state index contributed by atoms with van der Waals surface area (Å²) < 4.78 is 5.18. The lowest BCUT2D eigenvalue weighted by atomic mass is 10.1. The third-order valence-electron chi connectivity index (χ3n) is 3.74. The Balaban J connectivity index is 1.75. The number of nitrogens with zero attached hydrogens (tertiary/aromatic N) is 2. The van der Waals surface area contributed by atoms with Crippen LogP contribution in [-0.2, 0) is 0 Å². The monoisotopic (exact) mass is 284 g/mol. The molecular formula is C16H20N4O. The van der Waals surface area contributed by atoms with E-state index in [0.29, 0.717) is 6.04 Å². The predicted molar refractivity (Wildman–Crippen MR) is 83.5 cm³/mol. The number of rotatable bonds is 4. The summed E-state index contributed by atoms with van der Waals surface area (Å²) in [6, 6.07) is 10.4. The van der Waals surface area contributed by atoms with Crippen molar-refractivity contribution >= 4 is 5.82 Å². The van der Waals surface area contributed by atoms with Gasteiger partial charge in [-0.3, -0.25) is 0 Å². The molecule has 1 saturated heterocycles. The summed E-state index contributed by atoms with van der Waals surface area (Å²) in [5.41, 5.74) is 1.98. The van der Waals surface area contributed by atoms with Crippen molar-refractivity contribution in [2.24, 2.45) is 0 Å². The van der Waals surface area contributed by atoms with E-state index in [9.17, 15) is 0 Å². The molecule has 1 aromatic carbocycles. The lowest BCUT2D eigenvalue weighted by Gasteiger charge is -2.24. The standard InChI is InChI=1S/C16H20N4O/c1-21-14-4-2-12(3-5-14)15-10-16(19-11-18-15)20-13-6-8-17-9-7-13/h2-5,10-11,13,17H,6-9H2,1H3,(H,18,19,20). The highest BCUT2D eigenvalue weighted by atomic mass is 16.5. The number of benzene rings is 1. The molecule has 5 heteroatoms. The Morgan fingerprint density at radius 3 is 2.62 bits per heavy atom. The quantitative estimate of drug-likeness (QED) is 0.902. The molecule has 5 nitrogen and oxygen atoms in total. The molecule has 2 N–H and O–H groups in total.